The van der Waals surface area contributed by atoms with E-state index in [-0.39, 0.29) is 11.5 Å². The Morgan fingerprint density at radius 3 is 2.00 bits per heavy atom. The van der Waals surface area contributed by atoms with E-state index in [9.17, 15) is 10.2 Å². The van der Waals surface area contributed by atoms with Crippen LogP contribution in [-0.4, -0.2) is 18.3 Å². The van der Waals surface area contributed by atoms with Crippen LogP contribution >= 0.6 is 0 Å². The lowest BCUT2D eigenvalue weighted by Gasteiger charge is -2.38. The molecule has 0 fully saturated rings. The lowest BCUT2D eigenvalue weighted by atomic mass is 10.0. The van der Waals surface area contributed by atoms with Gasteiger partial charge in [0.05, 0.1) is 0 Å². The molecule has 0 unspecified atom stereocenters. The average molecular weight is 341 g/mol. The van der Waals surface area contributed by atoms with Gasteiger partial charge in [-0.25, -0.2) is 0 Å². The predicted molar refractivity (Wildman–Crippen MR) is 105 cm³/mol. The molecule has 0 spiro atoms. The Labute approximate surface area is 146 Å². The summed E-state index contributed by atoms with van der Waals surface area (Å²) in [4.78, 5) is 0. The molecule has 2 aromatic rings. The molecule has 3 heteroatoms. The smallest absolute Gasteiger partial charge is 0.146 e. The number of hydrogen-bond donors (Lipinski definition) is 2. The minimum Gasteiger partial charge on any atom is -0.508 e. The zero-order chi connectivity index (χ0) is 18.1. The topological polar surface area (TPSA) is 40.5 Å². The first-order valence-electron chi connectivity index (χ1n) is 8.68. The van der Waals surface area contributed by atoms with Crippen LogP contribution < -0.4 is 0 Å². The van der Waals surface area contributed by atoms with E-state index in [1.54, 1.807) is 24.3 Å². The Morgan fingerprint density at radius 1 is 0.875 bits per heavy atom. The maximum atomic E-state index is 10.3. The van der Waals surface area contributed by atoms with Gasteiger partial charge < -0.3 is 10.2 Å². The second-order valence-electron chi connectivity index (χ2n) is 7.52. The van der Waals surface area contributed by atoms with Crippen molar-refractivity contribution in [2.24, 2.45) is 0 Å². The standard InChI is InChI=1S/C21H28O2Si/c1-14(2)24(15(3)4,16(5)6)11-10-18-13-19(22)12-17-8-7-9-20(23)21(17)18/h7-9,12-16,22-23H,1-6H3. The molecule has 0 saturated carbocycles. The Morgan fingerprint density at radius 2 is 1.46 bits per heavy atom. The molecule has 2 N–H and O–H groups in total. The van der Waals surface area contributed by atoms with Crippen LogP contribution in [-0.2, 0) is 0 Å². The number of aromatic hydroxyl groups is 2. The molecule has 0 bridgehead atoms. The first-order chi connectivity index (χ1) is 11.2. The Kier molecular flexibility index (Phi) is 5.30. The fourth-order valence-electron chi connectivity index (χ4n) is 4.10. The number of benzene rings is 2. The van der Waals surface area contributed by atoms with Crippen molar-refractivity contribution in [3.05, 3.63) is 35.9 Å². The highest BCUT2D eigenvalue weighted by atomic mass is 28.3. The van der Waals surface area contributed by atoms with Gasteiger partial charge in [0.25, 0.3) is 0 Å². The van der Waals surface area contributed by atoms with Crippen molar-refractivity contribution in [3.8, 4) is 23.0 Å². The lowest BCUT2D eigenvalue weighted by molar-refractivity contribution is 0.475. The van der Waals surface area contributed by atoms with Gasteiger partial charge in [-0.1, -0.05) is 59.6 Å². The van der Waals surface area contributed by atoms with Gasteiger partial charge in [0.1, 0.15) is 19.6 Å². The van der Waals surface area contributed by atoms with Gasteiger partial charge in [0.2, 0.25) is 0 Å². The Hall–Kier alpha value is -1.92. The van der Waals surface area contributed by atoms with Crippen LogP contribution in [0.15, 0.2) is 30.3 Å². The second kappa shape index (κ2) is 6.90. The van der Waals surface area contributed by atoms with Gasteiger partial charge in [-0.05, 0) is 40.2 Å². The molecule has 0 radical (unpaired) electrons. The minimum absolute atomic E-state index is 0.184. The van der Waals surface area contributed by atoms with Crippen LogP contribution in [0.25, 0.3) is 10.8 Å². The minimum atomic E-state index is -1.86. The highest BCUT2D eigenvalue weighted by Crippen LogP contribution is 2.41. The van der Waals surface area contributed by atoms with E-state index < -0.39 is 8.07 Å². The maximum Gasteiger partial charge on any atom is 0.146 e. The van der Waals surface area contributed by atoms with Gasteiger partial charge in [-0.15, -0.1) is 5.54 Å². The fraction of sp³-hybridized carbons (Fsp3) is 0.429. The van der Waals surface area contributed by atoms with E-state index in [4.69, 9.17) is 0 Å². The van der Waals surface area contributed by atoms with E-state index in [0.717, 1.165) is 10.8 Å². The molecule has 128 valence electrons. The summed E-state index contributed by atoms with van der Waals surface area (Å²) in [5.74, 6) is 3.74. The van der Waals surface area contributed by atoms with Crippen LogP contribution in [0.1, 0.15) is 47.1 Å². The first-order valence-corrected chi connectivity index (χ1v) is 10.9. The van der Waals surface area contributed by atoms with Crippen molar-refractivity contribution in [2.75, 3.05) is 0 Å². The number of hydrogen-bond acceptors (Lipinski definition) is 2. The Balaban J connectivity index is 2.71. The molecule has 0 saturated heterocycles. The second-order valence-corrected chi connectivity index (χ2v) is 13.1. The van der Waals surface area contributed by atoms with Gasteiger partial charge in [-0.3, -0.25) is 0 Å². The number of phenols is 2. The molecule has 0 heterocycles. The normalized spacial score (nSPS) is 12.0. The van der Waals surface area contributed by atoms with Crippen molar-refractivity contribution in [1.82, 2.24) is 0 Å². The van der Waals surface area contributed by atoms with E-state index in [1.165, 1.54) is 0 Å². The van der Waals surface area contributed by atoms with Crippen LogP contribution in [0.5, 0.6) is 11.5 Å². The monoisotopic (exact) mass is 340 g/mol. The van der Waals surface area contributed by atoms with Gasteiger partial charge in [-0.2, -0.15) is 0 Å². The maximum absolute atomic E-state index is 10.3. The summed E-state index contributed by atoms with van der Waals surface area (Å²) in [5, 5.41) is 21.8. The number of phenolic OH excluding ortho intramolecular Hbond substituents is 2. The van der Waals surface area contributed by atoms with E-state index in [0.29, 0.717) is 22.2 Å². The predicted octanol–water partition coefficient (Wildman–Crippen LogP) is 5.82. The first kappa shape index (κ1) is 18.4. The van der Waals surface area contributed by atoms with Crippen molar-refractivity contribution in [2.45, 2.75) is 58.2 Å². The average Bonchev–Trinajstić information content (AvgIpc) is 2.46. The summed E-state index contributed by atoms with van der Waals surface area (Å²) in [6.45, 7) is 13.7. The summed E-state index contributed by atoms with van der Waals surface area (Å²) in [6, 6.07) is 8.66. The van der Waals surface area contributed by atoms with Crippen molar-refractivity contribution in [1.29, 1.82) is 0 Å². The SMILES string of the molecule is CC(C)[Si](C#Cc1cc(O)cc2cccc(O)c12)(C(C)C)C(C)C. The van der Waals surface area contributed by atoms with Crippen LogP contribution in [0, 0.1) is 11.5 Å². The van der Waals surface area contributed by atoms with Gasteiger partial charge >= 0.3 is 0 Å². The molecule has 2 rings (SSSR count). The van der Waals surface area contributed by atoms with E-state index in [1.807, 2.05) is 6.07 Å². The zero-order valence-corrected chi connectivity index (χ0v) is 16.5. The van der Waals surface area contributed by atoms with Crippen LogP contribution in [0.4, 0.5) is 0 Å². The highest BCUT2D eigenvalue weighted by molar-refractivity contribution is 6.90. The largest absolute Gasteiger partial charge is 0.508 e. The summed E-state index contributed by atoms with van der Waals surface area (Å²) in [5.41, 5.74) is 6.00. The van der Waals surface area contributed by atoms with Crippen LogP contribution in [0.3, 0.4) is 0 Å². The highest BCUT2D eigenvalue weighted by Gasteiger charge is 2.41. The molecule has 2 aromatic carbocycles. The molecule has 24 heavy (non-hydrogen) atoms. The van der Waals surface area contributed by atoms with Crippen LogP contribution in [0.2, 0.25) is 16.6 Å². The molecule has 2 nitrogen and oxygen atoms in total. The van der Waals surface area contributed by atoms with Crippen molar-refractivity contribution >= 4 is 18.8 Å². The van der Waals surface area contributed by atoms with Crippen molar-refractivity contribution in [3.63, 3.8) is 0 Å². The third-order valence-corrected chi connectivity index (χ3v) is 11.5. The summed E-state index contributed by atoms with van der Waals surface area (Å²) in [7, 11) is -1.86. The number of rotatable bonds is 3. The van der Waals surface area contributed by atoms with E-state index >= 15 is 0 Å². The lowest BCUT2D eigenvalue weighted by Crippen LogP contribution is -2.43. The van der Waals surface area contributed by atoms with E-state index in [2.05, 4.69) is 53.0 Å². The molecule has 0 amide bonds. The molecule has 0 atom stereocenters. The molecular weight excluding hydrogens is 312 g/mol. The summed E-state index contributed by atoms with van der Waals surface area (Å²) < 4.78 is 0. The summed E-state index contributed by atoms with van der Waals surface area (Å²) in [6.07, 6.45) is 0. The molecule has 0 aliphatic rings. The third-order valence-electron chi connectivity index (χ3n) is 5.22. The molecular formula is C21H28O2Si. The quantitative estimate of drug-likeness (QED) is 0.546. The summed E-state index contributed by atoms with van der Waals surface area (Å²) >= 11 is 0. The molecule has 0 aliphatic carbocycles. The van der Waals surface area contributed by atoms with Crippen molar-refractivity contribution < 1.29 is 10.2 Å². The zero-order valence-electron chi connectivity index (χ0n) is 15.5. The molecule has 0 aliphatic heterocycles. The molecule has 0 aromatic heterocycles. The Bertz CT molecular complexity index is 773. The third kappa shape index (κ3) is 3.16. The number of fused-ring (bicyclic) bond motifs is 1. The fourth-order valence-corrected chi connectivity index (χ4v) is 9.32. The van der Waals surface area contributed by atoms with Gasteiger partial charge in [0.15, 0.2) is 0 Å². The van der Waals surface area contributed by atoms with Gasteiger partial charge in [0, 0.05) is 10.9 Å².